The Morgan fingerprint density at radius 3 is 2.30 bits per heavy atom. The first kappa shape index (κ1) is 56.6. The minimum Gasteiger partial charge on any atom is -0.493 e. The lowest BCUT2D eigenvalue weighted by atomic mass is 9.73. The Bertz CT molecular complexity index is 2020. The number of carbonyl (C=O) groups excluding carboxylic acids is 4. The number of fused-ring (bicyclic) bond motifs is 2. The van der Waals surface area contributed by atoms with Gasteiger partial charge >= 0.3 is 18.2 Å². The summed E-state index contributed by atoms with van der Waals surface area (Å²) in [6, 6.07) is 3.10. The summed E-state index contributed by atoms with van der Waals surface area (Å²) >= 11 is 0. The van der Waals surface area contributed by atoms with Gasteiger partial charge in [-0.15, -0.1) is 0 Å². The summed E-state index contributed by atoms with van der Waals surface area (Å²) in [5.74, 6) is -3.84. The molecular formula is C51H81FN4O15. The van der Waals surface area contributed by atoms with Gasteiger partial charge in [-0.2, -0.15) is 0 Å². The molecule has 6 rings (SSSR count). The van der Waals surface area contributed by atoms with Gasteiger partial charge in [-0.25, -0.2) is 14.0 Å². The lowest BCUT2D eigenvalue weighted by molar-refractivity contribution is -0.319. The van der Waals surface area contributed by atoms with Crippen LogP contribution in [-0.2, 0) is 52.2 Å². The van der Waals surface area contributed by atoms with E-state index in [-0.39, 0.29) is 55.6 Å². The molecule has 20 heteroatoms. The molecule has 71 heavy (non-hydrogen) atoms. The molecule has 1 aromatic carbocycles. The number of methoxy groups -OCH3 is 2. The Kier molecular flexibility index (Phi) is 18.5. The summed E-state index contributed by atoms with van der Waals surface area (Å²) in [4.78, 5) is 57.6. The number of alkyl carbamates (subject to hydrolysis) is 2. The fraction of sp³-hybridized carbons (Fsp3) is 0.804. The molecular weight excluding hydrogens is 928 g/mol. The van der Waals surface area contributed by atoms with E-state index >= 15 is 0 Å². The highest BCUT2D eigenvalue weighted by Gasteiger charge is 2.58. The van der Waals surface area contributed by atoms with E-state index in [1.54, 1.807) is 47.6 Å². The van der Waals surface area contributed by atoms with Crippen LogP contribution in [0.3, 0.4) is 0 Å². The van der Waals surface area contributed by atoms with Crippen LogP contribution in [0.15, 0.2) is 18.2 Å². The number of likely N-dealkylation sites (N-methyl/N-ethyl adjacent to an activating group) is 1. The van der Waals surface area contributed by atoms with Crippen LogP contribution in [0.5, 0.6) is 5.75 Å². The largest absolute Gasteiger partial charge is 0.493 e. The molecule has 1 aromatic rings. The fourth-order valence-corrected chi connectivity index (χ4v) is 11.7. The third-order valence-electron chi connectivity index (χ3n) is 15.9. The molecule has 4 saturated heterocycles. The third kappa shape index (κ3) is 12.3. The lowest BCUT2D eigenvalue weighted by Crippen LogP contribution is -2.62. The van der Waals surface area contributed by atoms with Crippen LogP contribution >= 0.6 is 0 Å². The van der Waals surface area contributed by atoms with Gasteiger partial charge in [0.1, 0.15) is 35.2 Å². The van der Waals surface area contributed by atoms with E-state index in [0.717, 1.165) is 5.56 Å². The summed E-state index contributed by atoms with van der Waals surface area (Å²) in [6.45, 7) is 18.9. The Hall–Kier alpha value is -3.73. The van der Waals surface area contributed by atoms with Gasteiger partial charge in [-0.05, 0) is 93.1 Å². The number of hydrogen-bond donors (Lipinski definition) is 4. The van der Waals surface area contributed by atoms with Crippen molar-refractivity contribution in [3.05, 3.63) is 29.6 Å². The van der Waals surface area contributed by atoms with Crippen molar-refractivity contribution < 1.29 is 76.0 Å². The first-order chi connectivity index (χ1) is 33.4. The summed E-state index contributed by atoms with van der Waals surface area (Å²) in [6.07, 6.45) is -8.20. The summed E-state index contributed by atoms with van der Waals surface area (Å²) in [7, 11) is 6.78. The Morgan fingerprint density at radius 2 is 1.63 bits per heavy atom. The van der Waals surface area contributed by atoms with Crippen molar-refractivity contribution in [2.24, 2.45) is 23.7 Å². The van der Waals surface area contributed by atoms with E-state index in [4.69, 9.17) is 47.4 Å². The molecule has 0 spiro atoms. The number of hydrogen-bond acceptors (Lipinski definition) is 17. The number of ether oxygens (including phenoxy) is 10. The van der Waals surface area contributed by atoms with E-state index in [1.807, 2.05) is 46.7 Å². The summed E-state index contributed by atoms with van der Waals surface area (Å²) < 4.78 is 77.3. The predicted molar refractivity (Wildman–Crippen MR) is 256 cm³/mol. The smallest absolute Gasteiger partial charge is 0.408 e. The molecule has 4 N–H and O–H groups in total. The topological polar surface area (TPSA) is 220 Å². The Balaban J connectivity index is 1.28. The van der Waals surface area contributed by atoms with Crippen LogP contribution in [0.25, 0.3) is 0 Å². The van der Waals surface area contributed by atoms with Crippen molar-refractivity contribution in [3.8, 4) is 5.75 Å². The van der Waals surface area contributed by atoms with Gasteiger partial charge in [0.15, 0.2) is 24.3 Å². The number of aliphatic hydroxyl groups is 1. The highest BCUT2D eigenvalue weighted by atomic mass is 19.1. The highest BCUT2D eigenvalue weighted by molar-refractivity contribution is 5.85. The molecule has 5 aliphatic heterocycles. The number of halogens is 1. The van der Waals surface area contributed by atoms with Gasteiger partial charge in [-0.3, -0.25) is 9.59 Å². The quantitative estimate of drug-likeness (QED) is 0.114. The van der Waals surface area contributed by atoms with Crippen LogP contribution in [-0.4, -0.2) is 166 Å². The number of ketones is 1. The zero-order valence-electron chi connectivity index (χ0n) is 44.1. The molecule has 0 saturated carbocycles. The van der Waals surface area contributed by atoms with Crippen molar-refractivity contribution in [1.29, 1.82) is 0 Å². The molecule has 19 nitrogen and oxygen atoms in total. The van der Waals surface area contributed by atoms with Crippen LogP contribution in [0.4, 0.5) is 14.0 Å². The van der Waals surface area contributed by atoms with Crippen LogP contribution in [0.2, 0.25) is 0 Å². The Morgan fingerprint density at radius 1 is 0.944 bits per heavy atom. The number of esters is 1. The molecule has 5 aliphatic rings. The predicted octanol–water partition coefficient (Wildman–Crippen LogP) is 5.18. The van der Waals surface area contributed by atoms with Gasteiger partial charge < -0.3 is 73.3 Å². The maximum absolute atomic E-state index is 14.8. The number of nitrogens with zero attached hydrogens (tertiary/aromatic N) is 1. The number of rotatable bonds is 13. The average molecular weight is 1010 g/mol. The number of cyclic esters (lactones) is 1. The van der Waals surface area contributed by atoms with E-state index in [9.17, 15) is 28.7 Å². The first-order valence-electron chi connectivity index (χ1n) is 25.3. The third-order valence-corrected chi connectivity index (χ3v) is 15.9. The second kappa shape index (κ2) is 23.2. The summed E-state index contributed by atoms with van der Waals surface area (Å²) in [5, 5.41) is 20.8. The SMILES string of the molecule is CC[C@H]1OC(=O)C(C)C(OC2CC(C)(OC)C(OC(=O)NCCNC3CCOc4ccc(F)cc43)C(C)O2)C(C)C(OC2OC(C)CC(N(C)C)C2O)C(C)(OC)CC(C)C(=O)C(C)C2NC(=O)OC21C. The fourth-order valence-electron chi connectivity index (χ4n) is 11.7. The van der Waals surface area contributed by atoms with Crippen molar-refractivity contribution in [2.75, 3.05) is 48.0 Å². The molecule has 5 heterocycles. The molecule has 0 bridgehead atoms. The van der Waals surface area contributed by atoms with E-state index in [2.05, 4.69) is 16.0 Å². The van der Waals surface area contributed by atoms with Crippen molar-refractivity contribution in [3.63, 3.8) is 0 Å². The van der Waals surface area contributed by atoms with Gasteiger partial charge in [0.05, 0.1) is 48.6 Å². The number of benzene rings is 1. The average Bonchev–Trinajstić information content (AvgIpc) is 3.64. The maximum Gasteiger partial charge on any atom is 0.408 e. The van der Waals surface area contributed by atoms with Gasteiger partial charge in [0.25, 0.3) is 0 Å². The number of nitrogens with one attached hydrogen (secondary N) is 3. The molecule has 402 valence electrons. The Labute approximate surface area is 418 Å². The number of aliphatic hydroxyl groups excluding tert-OH is 1. The van der Waals surface area contributed by atoms with Gasteiger partial charge in [0, 0.05) is 75.6 Å². The standard InChI is InChI=1S/C51H81FN4O15/c1-15-37-51(10)42(55-48(61)71-51)28(4)39(57)26(2)24-49(8,62-13)43(69-46-40(58)35(56(11)12)22-27(3)65-46)29(5)41(30(6)45(59)67-37)68-38-25-50(9,63-14)44(31(7)66-38)70-47(60)54-20-19-53-34-18-21-64-36-17-16-32(52)23-33(34)36/h16-17,23,26-31,34-35,37-38,40-44,46,53,58H,15,18-22,24-25H2,1-14H3,(H,54,60)(H,55,61)/t26?,27?,28?,29?,30?,31?,34?,35?,37-,38?,40?,41?,42?,43?,44?,46?,49?,50?,51?/m1/s1. The van der Waals surface area contributed by atoms with Crippen molar-refractivity contribution in [1.82, 2.24) is 20.9 Å². The molecule has 0 aliphatic carbocycles. The monoisotopic (exact) mass is 1010 g/mol. The second-order valence-electron chi connectivity index (χ2n) is 21.3. The lowest BCUT2D eigenvalue weighted by Gasteiger charge is -2.50. The minimum atomic E-state index is -1.41. The van der Waals surface area contributed by atoms with Crippen molar-refractivity contribution in [2.45, 2.75) is 192 Å². The van der Waals surface area contributed by atoms with Crippen molar-refractivity contribution >= 4 is 23.9 Å². The van der Waals surface area contributed by atoms with Gasteiger partial charge in [-0.1, -0.05) is 27.7 Å². The molecule has 0 aromatic heterocycles. The molecule has 18 unspecified atom stereocenters. The van der Waals surface area contributed by atoms with Gasteiger partial charge in [0.2, 0.25) is 0 Å². The number of amides is 2. The van der Waals surface area contributed by atoms with E-state index in [0.29, 0.717) is 31.7 Å². The first-order valence-corrected chi connectivity index (χ1v) is 25.3. The molecule has 0 radical (unpaired) electrons. The normalized spacial score (nSPS) is 41.3. The van der Waals surface area contributed by atoms with E-state index in [1.165, 1.54) is 26.4 Å². The molecule has 2 amide bonds. The maximum atomic E-state index is 14.8. The zero-order valence-corrected chi connectivity index (χ0v) is 44.1. The van der Waals surface area contributed by atoms with E-state index < -0.39 is 114 Å². The van der Waals surface area contributed by atoms with Crippen LogP contribution in [0, 0.1) is 29.5 Å². The highest BCUT2D eigenvalue weighted by Crippen LogP contribution is 2.43. The second-order valence-corrected chi connectivity index (χ2v) is 21.3. The minimum absolute atomic E-state index is 0.0416. The van der Waals surface area contributed by atoms with Crippen LogP contribution in [0.1, 0.15) is 113 Å². The summed E-state index contributed by atoms with van der Waals surface area (Å²) in [5.41, 5.74) is -3.15. The molecule has 19 atom stereocenters. The number of carbonyl (C=O) groups is 4. The molecule has 4 fully saturated rings. The zero-order chi connectivity index (χ0) is 52.3. The van der Waals surface area contributed by atoms with Crippen LogP contribution < -0.4 is 20.7 Å². The number of Topliss-reactive ketones (excluding diaryl/α,β-unsaturated/α-hetero) is 1.